The molecule has 0 N–H and O–H groups in total. The standard InChI is InChI=1S/C16H18N2O8/c1-17(15(20)3-2-9-19)8-10-24-11-12-25-16(21)26-14-6-4-13(5-7-14)18(22)23/h2-7,9H,8,10-12H2,1H3/b3-2-. The van der Waals surface area contributed by atoms with E-state index in [9.17, 15) is 24.5 Å². The highest BCUT2D eigenvalue weighted by Crippen LogP contribution is 2.17. The zero-order valence-electron chi connectivity index (χ0n) is 14.0. The second kappa shape index (κ2) is 11.3. The second-order valence-electron chi connectivity index (χ2n) is 4.82. The van der Waals surface area contributed by atoms with Crippen LogP contribution in [-0.4, -0.2) is 61.6 Å². The van der Waals surface area contributed by atoms with Crippen LogP contribution in [0, 0.1) is 10.1 Å². The maximum absolute atomic E-state index is 11.4. The molecule has 0 saturated carbocycles. The minimum atomic E-state index is -0.964. The number of hydrogen-bond donors (Lipinski definition) is 0. The Morgan fingerprint density at radius 2 is 1.88 bits per heavy atom. The number of hydrogen-bond acceptors (Lipinski definition) is 8. The summed E-state index contributed by atoms with van der Waals surface area (Å²) in [6.45, 7) is 0.559. The molecule has 26 heavy (non-hydrogen) atoms. The largest absolute Gasteiger partial charge is 0.513 e. The number of allylic oxidation sites excluding steroid dienone is 1. The second-order valence-corrected chi connectivity index (χ2v) is 4.82. The van der Waals surface area contributed by atoms with Crippen LogP contribution < -0.4 is 4.74 Å². The number of aldehydes is 1. The lowest BCUT2D eigenvalue weighted by Crippen LogP contribution is -2.29. The number of nitro groups is 1. The number of carbonyl (C=O) groups is 3. The van der Waals surface area contributed by atoms with E-state index in [-0.39, 0.29) is 37.2 Å². The summed E-state index contributed by atoms with van der Waals surface area (Å²) in [5, 5.41) is 10.5. The van der Waals surface area contributed by atoms with E-state index in [0.29, 0.717) is 12.8 Å². The van der Waals surface area contributed by atoms with E-state index in [1.165, 1.54) is 29.2 Å². The number of ether oxygens (including phenoxy) is 3. The zero-order chi connectivity index (χ0) is 19.4. The Labute approximate surface area is 149 Å². The van der Waals surface area contributed by atoms with E-state index in [1.807, 2.05) is 0 Å². The molecule has 0 spiro atoms. The topological polar surface area (TPSA) is 125 Å². The molecule has 1 rings (SSSR count). The molecule has 0 aromatic heterocycles. The van der Waals surface area contributed by atoms with Gasteiger partial charge in [-0.25, -0.2) is 4.79 Å². The van der Waals surface area contributed by atoms with Crippen molar-refractivity contribution < 1.29 is 33.5 Å². The molecular weight excluding hydrogens is 348 g/mol. The molecule has 0 aliphatic carbocycles. The third-order valence-electron chi connectivity index (χ3n) is 2.96. The fraction of sp³-hybridized carbons (Fsp3) is 0.312. The van der Waals surface area contributed by atoms with Gasteiger partial charge in [0.15, 0.2) is 0 Å². The first kappa shape index (κ1) is 20.8. The quantitative estimate of drug-likeness (QED) is 0.115. The van der Waals surface area contributed by atoms with E-state index in [1.54, 1.807) is 7.05 Å². The average molecular weight is 366 g/mol. The summed E-state index contributed by atoms with van der Waals surface area (Å²) in [6, 6.07) is 4.96. The molecule has 0 bridgehead atoms. The molecule has 0 heterocycles. The van der Waals surface area contributed by atoms with Crippen LogP contribution in [0.1, 0.15) is 0 Å². The van der Waals surface area contributed by atoms with Gasteiger partial charge >= 0.3 is 6.16 Å². The number of nitrogens with zero attached hydrogens (tertiary/aromatic N) is 2. The highest BCUT2D eigenvalue weighted by Gasteiger charge is 2.09. The Morgan fingerprint density at radius 1 is 1.19 bits per heavy atom. The first-order valence-corrected chi connectivity index (χ1v) is 7.47. The minimum Gasteiger partial charge on any atom is -0.432 e. The fourth-order valence-corrected chi connectivity index (χ4v) is 1.61. The summed E-state index contributed by atoms with van der Waals surface area (Å²) in [5.41, 5.74) is -0.121. The molecule has 1 amide bonds. The number of nitro benzene ring substituents is 1. The van der Waals surface area contributed by atoms with Crippen molar-refractivity contribution in [2.75, 3.05) is 33.4 Å². The van der Waals surface area contributed by atoms with Gasteiger partial charge in [0, 0.05) is 31.8 Å². The fourth-order valence-electron chi connectivity index (χ4n) is 1.61. The summed E-state index contributed by atoms with van der Waals surface area (Å²) in [6.07, 6.45) is 1.79. The predicted octanol–water partition coefficient (Wildman–Crippen LogP) is 1.34. The van der Waals surface area contributed by atoms with Gasteiger partial charge in [0.05, 0.1) is 18.1 Å². The van der Waals surface area contributed by atoms with Crippen LogP contribution in [0.3, 0.4) is 0 Å². The maximum atomic E-state index is 11.4. The van der Waals surface area contributed by atoms with Crippen LogP contribution in [0.25, 0.3) is 0 Å². The first-order chi connectivity index (χ1) is 12.4. The number of benzene rings is 1. The molecule has 0 saturated heterocycles. The summed E-state index contributed by atoms with van der Waals surface area (Å²) in [4.78, 5) is 44.3. The van der Waals surface area contributed by atoms with Gasteiger partial charge in [-0.3, -0.25) is 19.7 Å². The van der Waals surface area contributed by atoms with Crippen LogP contribution in [0.4, 0.5) is 10.5 Å². The van der Waals surface area contributed by atoms with E-state index in [2.05, 4.69) is 0 Å². The molecule has 0 atom stereocenters. The van der Waals surface area contributed by atoms with Gasteiger partial charge in [0.2, 0.25) is 5.91 Å². The van der Waals surface area contributed by atoms with Gasteiger partial charge in [-0.1, -0.05) is 0 Å². The van der Waals surface area contributed by atoms with Crippen LogP contribution in [-0.2, 0) is 19.1 Å². The lowest BCUT2D eigenvalue weighted by molar-refractivity contribution is -0.384. The van der Waals surface area contributed by atoms with Crippen LogP contribution in [0.5, 0.6) is 5.75 Å². The Bertz CT molecular complexity index is 657. The van der Waals surface area contributed by atoms with E-state index in [4.69, 9.17) is 14.2 Å². The SMILES string of the molecule is CN(CCOCCOC(=O)Oc1ccc([N+](=O)[O-])cc1)C(=O)/C=C\C=O. The normalized spacial score (nSPS) is 10.3. The monoisotopic (exact) mass is 366 g/mol. The highest BCUT2D eigenvalue weighted by atomic mass is 16.7. The molecule has 10 nitrogen and oxygen atoms in total. The van der Waals surface area contributed by atoms with Crippen molar-refractivity contribution in [2.45, 2.75) is 0 Å². The number of likely N-dealkylation sites (N-methyl/N-ethyl adjacent to an activating group) is 1. The van der Waals surface area contributed by atoms with Gasteiger partial charge in [-0.2, -0.15) is 0 Å². The zero-order valence-corrected chi connectivity index (χ0v) is 14.0. The highest BCUT2D eigenvalue weighted by molar-refractivity contribution is 5.90. The molecule has 0 aliphatic rings. The Morgan fingerprint density at radius 3 is 2.50 bits per heavy atom. The van der Waals surface area contributed by atoms with Crippen LogP contribution in [0.15, 0.2) is 36.4 Å². The lowest BCUT2D eigenvalue weighted by Gasteiger charge is -2.14. The third kappa shape index (κ3) is 8.02. The van der Waals surface area contributed by atoms with Crippen LogP contribution in [0.2, 0.25) is 0 Å². The van der Waals surface area contributed by atoms with Crippen molar-refractivity contribution in [2.24, 2.45) is 0 Å². The predicted molar refractivity (Wildman–Crippen MR) is 88.7 cm³/mol. The van der Waals surface area contributed by atoms with Gasteiger partial charge in [-0.15, -0.1) is 0 Å². The molecule has 10 heteroatoms. The van der Waals surface area contributed by atoms with Crippen molar-refractivity contribution >= 4 is 24.0 Å². The Kier molecular flexibility index (Phi) is 9.04. The lowest BCUT2D eigenvalue weighted by atomic mass is 10.3. The van der Waals surface area contributed by atoms with Crippen LogP contribution >= 0.6 is 0 Å². The number of amides is 1. The Hall–Kier alpha value is -3.27. The van der Waals surface area contributed by atoms with E-state index < -0.39 is 11.1 Å². The van der Waals surface area contributed by atoms with Crippen molar-refractivity contribution in [3.63, 3.8) is 0 Å². The summed E-state index contributed by atoms with van der Waals surface area (Å²) in [7, 11) is 1.55. The molecule has 1 aromatic carbocycles. The number of rotatable bonds is 10. The molecule has 1 aromatic rings. The Balaban J connectivity index is 2.16. The van der Waals surface area contributed by atoms with Gasteiger partial charge in [0.25, 0.3) is 5.69 Å². The van der Waals surface area contributed by atoms with Crippen molar-refractivity contribution in [1.29, 1.82) is 0 Å². The molecule has 0 fully saturated rings. The molecule has 0 aliphatic heterocycles. The first-order valence-electron chi connectivity index (χ1n) is 7.47. The molecule has 0 radical (unpaired) electrons. The number of carbonyl (C=O) groups excluding carboxylic acids is 3. The van der Waals surface area contributed by atoms with E-state index >= 15 is 0 Å². The molecule has 0 unspecified atom stereocenters. The van der Waals surface area contributed by atoms with Crippen molar-refractivity contribution in [1.82, 2.24) is 4.90 Å². The third-order valence-corrected chi connectivity index (χ3v) is 2.96. The van der Waals surface area contributed by atoms with Crippen molar-refractivity contribution in [3.05, 3.63) is 46.5 Å². The molecule has 140 valence electrons. The van der Waals surface area contributed by atoms with Gasteiger partial charge < -0.3 is 19.1 Å². The number of non-ortho nitro benzene ring substituents is 1. The molecular formula is C16H18N2O8. The van der Waals surface area contributed by atoms with Crippen molar-refractivity contribution in [3.8, 4) is 5.75 Å². The summed E-state index contributed by atoms with van der Waals surface area (Å²) >= 11 is 0. The summed E-state index contributed by atoms with van der Waals surface area (Å²) < 4.78 is 14.8. The smallest absolute Gasteiger partial charge is 0.432 e. The van der Waals surface area contributed by atoms with Gasteiger partial charge in [0.1, 0.15) is 18.6 Å². The average Bonchev–Trinajstić information content (AvgIpc) is 2.62. The van der Waals surface area contributed by atoms with E-state index in [0.717, 1.165) is 12.2 Å². The maximum Gasteiger partial charge on any atom is 0.513 e. The summed E-state index contributed by atoms with van der Waals surface area (Å²) in [5.74, 6) is -0.214. The van der Waals surface area contributed by atoms with Gasteiger partial charge in [-0.05, 0) is 18.2 Å². The minimum absolute atomic E-state index is 0.0610.